The summed E-state index contributed by atoms with van der Waals surface area (Å²) in [7, 11) is -22.5. The number of alkyl halides is 74. The zero-order chi connectivity index (χ0) is 97.7. The van der Waals surface area contributed by atoms with Crippen molar-refractivity contribution in [2.75, 3.05) is 0 Å². The molecule has 81 heteroatoms. The third-order valence-electron chi connectivity index (χ3n) is 14.1. The fraction of sp³-hybridized carbons (Fsp3) is 1.00. The monoisotopic (exact) mass is 1980 g/mol. The molecule has 0 aliphatic rings. The predicted molar refractivity (Wildman–Crippen MR) is 199 cm³/mol. The van der Waals surface area contributed by atoms with E-state index in [2.05, 4.69) is 0 Å². The Morgan fingerprint density at radius 2 is 0.162 bits per heavy atom. The van der Waals surface area contributed by atoms with Crippen molar-refractivity contribution in [2.45, 2.75) is 212 Å². The van der Waals surface area contributed by atoms with E-state index in [0.29, 0.717) is 3.63 Å². The standard InChI is InChI=1S/C36F74O5S2/c37-1(38,5(45,46)9(53,54)13(61,62)17(69,70)21(77,78)25(85,86)29(93,94)33(101,102)103)3(41,42)7(49,50)11(57,58)15(65,66)19(73,74)23(81,82)27(89,90)31(97,98)35(107,108)116(111,112)115-117(113,114)36(109,110)32(99,100)28(91,92)24(83,84)20(75,76)16(67,68)12(59,60)8(51,52)4(43,44)2(39,40)6(47,48)10(55,56)14(63,64)18(71,72)22(79,80)26(87,88)30(95,96)34(104,105)106. The summed E-state index contributed by atoms with van der Waals surface area (Å²) in [5.41, 5.74) is 0. The van der Waals surface area contributed by atoms with E-state index in [4.69, 9.17) is 0 Å². The van der Waals surface area contributed by atoms with Crippen molar-refractivity contribution in [3.8, 4) is 0 Å². The van der Waals surface area contributed by atoms with Gasteiger partial charge in [-0.1, -0.05) is 0 Å². The van der Waals surface area contributed by atoms with Crippen LogP contribution in [0.25, 0.3) is 0 Å². The molecule has 0 amide bonds. The fourth-order valence-corrected chi connectivity index (χ4v) is 9.27. The maximum Gasteiger partial charge on any atom is 0.460 e. The fourth-order valence-electron chi connectivity index (χ4n) is 6.76. The Labute approximate surface area is 579 Å². The summed E-state index contributed by atoms with van der Waals surface area (Å²) < 4.78 is 1080. The van der Waals surface area contributed by atoms with E-state index in [9.17, 15) is 342 Å². The average molecular weight is 1980 g/mol. The zero-order valence-electron chi connectivity index (χ0n) is 48.8. The van der Waals surface area contributed by atoms with Gasteiger partial charge in [-0.15, -0.1) is 3.63 Å². The highest BCUT2D eigenvalue weighted by molar-refractivity contribution is 8.01. The molecule has 0 aromatic rings. The maximum atomic E-state index is 14.5. The van der Waals surface area contributed by atoms with Crippen LogP contribution < -0.4 is 0 Å². The third-order valence-corrected chi connectivity index (χ3v) is 17.3. The van der Waals surface area contributed by atoms with Gasteiger partial charge >= 0.3 is 233 Å². The van der Waals surface area contributed by atoms with Crippen LogP contribution >= 0.6 is 0 Å². The Bertz CT molecular complexity index is 3620. The van der Waals surface area contributed by atoms with Crippen LogP contribution in [-0.2, 0) is 23.9 Å². The van der Waals surface area contributed by atoms with Gasteiger partial charge in [0.05, 0.1) is 0 Å². The molecule has 704 valence electrons. The lowest BCUT2D eigenvalue weighted by molar-refractivity contribution is -0.493. The van der Waals surface area contributed by atoms with Crippen molar-refractivity contribution < 1.29 is 345 Å². The minimum atomic E-state index is -11.3. The van der Waals surface area contributed by atoms with Crippen molar-refractivity contribution >= 4 is 20.2 Å². The summed E-state index contributed by atoms with van der Waals surface area (Å²) in [6, 6.07) is 0. The van der Waals surface area contributed by atoms with Crippen molar-refractivity contribution in [1.82, 2.24) is 0 Å². The molecule has 0 fully saturated rings. The second-order valence-corrected chi connectivity index (χ2v) is 24.8. The highest BCUT2D eigenvalue weighted by Gasteiger charge is 3.07. The first-order valence-electron chi connectivity index (χ1n) is 23.9. The lowest BCUT2D eigenvalue weighted by Gasteiger charge is -2.47. The molecule has 0 spiro atoms. The van der Waals surface area contributed by atoms with Crippen LogP contribution in [-0.4, -0.2) is 229 Å². The van der Waals surface area contributed by atoms with Crippen LogP contribution in [0.5, 0.6) is 0 Å². The van der Waals surface area contributed by atoms with Gasteiger partial charge in [-0.05, 0) is 0 Å². The molecule has 5 nitrogen and oxygen atoms in total. The molecule has 0 bridgehead atoms. The van der Waals surface area contributed by atoms with E-state index in [-0.39, 0.29) is 0 Å². The quantitative estimate of drug-likeness (QED) is 0.0584. The molecular weight excluding hydrogens is 1980 g/mol. The maximum absolute atomic E-state index is 14.5. The minimum Gasteiger partial charge on any atom is -0.192 e. The molecule has 0 heterocycles. The van der Waals surface area contributed by atoms with Gasteiger partial charge in [0.2, 0.25) is 0 Å². The Morgan fingerprint density at radius 3 is 0.231 bits per heavy atom. The Kier molecular flexibility index (Phi) is 25.4. The highest BCUT2D eigenvalue weighted by Crippen LogP contribution is 2.75. The summed E-state index contributed by atoms with van der Waals surface area (Å²) in [5.74, 6) is -345. The molecule has 0 saturated heterocycles. The van der Waals surface area contributed by atoms with Gasteiger partial charge in [-0.2, -0.15) is 342 Å². The first-order chi connectivity index (χ1) is 48.7. The summed E-state index contributed by atoms with van der Waals surface area (Å²) in [6.45, 7) is 0. The lowest BCUT2D eigenvalue weighted by Crippen LogP contribution is -2.80. The molecule has 0 aromatic heterocycles. The molecule has 0 unspecified atom stereocenters. The van der Waals surface area contributed by atoms with Gasteiger partial charge in [-0.3, -0.25) is 0 Å². The topological polar surface area (TPSA) is 77.5 Å². The van der Waals surface area contributed by atoms with E-state index in [1.165, 1.54) is 0 Å². The van der Waals surface area contributed by atoms with Gasteiger partial charge in [0.1, 0.15) is 0 Å². The molecule has 0 aliphatic heterocycles. The van der Waals surface area contributed by atoms with Crippen LogP contribution in [0.4, 0.5) is 325 Å². The van der Waals surface area contributed by atoms with Crippen molar-refractivity contribution in [3.05, 3.63) is 0 Å². The summed E-state index contributed by atoms with van der Waals surface area (Å²) >= 11 is 0. The second kappa shape index (κ2) is 26.6. The van der Waals surface area contributed by atoms with Crippen molar-refractivity contribution in [3.63, 3.8) is 0 Å². The molecule has 0 aliphatic carbocycles. The van der Waals surface area contributed by atoms with Crippen LogP contribution in [0.2, 0.25) is 0 Å². The lowest BCUT2D eigenvalue weighted by atomic mass is 9.82. The predicted octanol–water partition coefficient (Wildman–Crippen LogP) is 22.3. The number of hydrogen-bond donors (Lipinski definition) is 0. The minimum absolute atomic E-state index is 0.502. The summed E-state index contributed by atoms with van der Waals surface area (Å²) in [6.07, 6.45) is -17.6. The van der Waals surface area contributed by atoms with Gasteiger partial charge in [-0.25, -0.2) is 0 Å². The molecule has 0 aromatic carbocycles. The molecule has 0 rings (SSSR count). The second-order valence-electron chi connectivity index (χ2n) is 21.4. The molecule has 0 radical (unpaired) electrons. The Morgan fingerprint density at radius 1 is 0.103 bits per heavy atom. The zero-order valence-corrected chi connectivity index (χ0v) is 50.5. The van der Waals surface area contributed by atoms with E-state index < -0.39 is 233 Å². The van der Waals surface area contributed by atoms with Crippen molar-refractivity contribution in [1.29, 1.82) is 0 Å². The SMILES string of the molecule is O=S(=O)(OS(=O)(=O)C(F)(F)C(F)(F)C(F)(F)C(F)(F)C(F)(F)C(F)(F)C(F)(F)C(F)(F)C(F)(F)C(F)(F)C(F)(F)C(F)(F)C(F)(F)C(F)(F)C(F)(F)C(F)(F)C(F)(F)C(F)(F)F)C(F)(F)C(F)(F)C(F)(F)C(F)(F)C(F)(F)C(F)(F)C(F)(F)C(F)(F)C(F)(F)C(F)(F)C(F)(F)C(F)(F)C(F)(F)C(F)(F)C(F)(F)C(F)(F)C(F)(F)C(F)(F)F. The van der Waals surface area contributed by atoms with Crippen LogP contribution in [0.15, 0.2) is 0 Å². The van der Waals surface area contributed by atoms with Crippen LogP contribution in [0.1, 0.15) is 0 Å². The van der Waals surface area contributed by atoms with E-state index in [1.54, 1.807) is 0 Å². The van der Waals surface area contributed by atoms with E-state index >= 15 is 0 Å². The van der Waals surface area contributed by atoms with Crippen molar-refractivity contribution in [2.24, 2.45) is 0 Å². The third kappa shape index (κ3) is 12.4. The molecular formula is C36F74O5S2. The smallest absolute Gasteiger partial charge is 0.192 e. The molecule has 117 heavy (non-hydrogen) atoms. The molecule has 0 saturated carbocycles. The summed E-state index contributed by atoms with van der Waals surface area (Å²) in [5, 5.41) is -21.1. The number of halogens is 74. The van der Waals surface area contributed by atoms with Gasteiger partial charge in [0.25, 0.3) is 0 Å². The van der Waals surface area contributed by atoms with Crippen LogP contribution in [0.3, 0.4) is 0 Å². The highest BCUT2D eigenvalue weighted by atomic mass is 32.3. The summed E-state index contributed by atoms with van der Waals surface area (Å²) in [4.78, 5) is 0. The van der Waals surface area contributed by atoms with E-state index in [0.717, 1.165) is 0 Å². The number of hydrogen-bond acceptors (Lipinski definition) is 5. The molecule has 0 N–H and O–H groups in total. The van der Waals surface area contributed by atoms with E-state index in [1.807, 2.05) is 0 Å². The van der Waals surface area contributed by atoms with Gasteiger partial charge in [0, 0.05) is 0 Å². The largest absolute Gasteiger partial charge is 0.460 e. The Hall–Kier alpha value is -5.32. The van der Waals surface area contributed by atoms with Gasteiger partial charge in [0.15, 0.2) is 0 Å². The normalized spacial score (nSPS) is 17.7. The van der Waals surface area contributed by atoms with Crippen LogP contribution in [0, 0.1) is 0 Å². The average Bonchev–Trinajstić information content (AvgIpc) is 0.677. The molecule has 0 atom stereocenters. The Balaban J connectivity index is 8.40. The van der Waals surface area contributed by atoms with Gasteiger partial charge < -0.3 is 0 Å². The first-order valence-corrected chi connectivity index (χ1v) is 26.7. The first kappa shape index (κ1) is 112. The number of rotatable bonds is 36.